The van der Waals surface area contributed by atoms with Crippen molar-refractivity contribution in [1.29, 1.82) is 0 Å². The zero-order valence-corrected chi connectivity index (χ0v) is 25.5. The van der Waals surface area contributed by atoms with Gasteiger partial charge in [-0.1, -0.05) is 30.8 Å². The molecular formula is C34H35N3O8. The van der Waals surface area contributed by atoms with Gasteiger partial charge < -0.3 is 34.0 Å². The van der Waals surface area contributed by atoms with Crippen molar-refractivity contribution < 1.29 is 38.2 Å². The largest absolute Gasteiger partial charge is 0.545 e. The number of carboxylic acid groups (broad SMARTS) is 1. The Hall–Kier alpha value is -5.45. The summed E-state index contributed by atoms with van der Waals surface area (Å²) < 4.78 is 18.7. The van der Waals surface area contributed by atoms with E-state index in [0.717, 1.165) is 11.0 Å². The molecule has 2 aromatic rings. The normalized spacial score (nSPS) is 11.5. The minimum atomic E-state index is -1.31. The lowest BCUT2D eigenvalue weighted by molar-refractivity contribution is -0.255. The second kappa shape index (κ2) is 14.8. The molecule has 0 bridgehead atoms. The summed E-state index contributed by atoms with van der Waals surface area (Å²) in [6, 6.07) is 17.7. The number of benzene rings is 3. The Kier molecular flexibility index (Phi) is 10.7. The first-order chi connectivity index (χ1) is 21.6. The molecule has 2 aromatic carbocycles. The summed E-state index contributed by atoms with van der Waals surface area (Å²) in [5, 5.41) is 16.4. The maximum atomic E-state index is 12.2. The molecule has 1 heterocycles. The number of fused-ring (bicyclic) bond motifs is 2. The van der Waals surface area contributed by atoms with Crippen molar-refractivity contribution in [3.8, 4) is 22.5 Å². The molecule has 4 rings (SSSR count). The second-order valence-corrected chi connectivity index (χ2v) is 10.2. The van der Waals surface area contributed by atoms with Crippen LogP contribution in [-0.2, 0) is 23.9 Å². The number of carbonyl (C=O) groups excluding carboxylic acids is 4. The van der Waals surface area contributed by atoms with E-state index in [4.69, 9.17) is 13.9 Å². The van der Waals surface area contributed by atoms with Crippen LogP contribution in [0.25, 0.3) is 33.4 Å². The number of nitrogens with one attached hydrogen (secondary N) is 1. The van der Waals surface area contributed by atoms with E-state index in [9.17, 15) is 24.3 Å². The summed E-state index contributed by atoms with van der Waals surface area (Å²) in [4.78, 5) is 48.2. The van der Waals surface area contributed by atoms with Gasteiger partial charge in [-0.3, -0.25) is 14.4 Å². The first kappa shape index (κ1) is 32.5. The van der Waals surface area contributed by atoms with E-state index in [1.54, 1.807) is 24.4 Å². The zero-order chi connectivity index (χ0) is 32.5. The van der Waals surface area contributed by atoms with Crippen molar-refractivity contribution in [2.45, 2.75) is 20.8 Å². The van der Waals surface area contributed by atoms with E-state index in [0.29, 0.717) is 59.6 Å². The fraction of sp³-hybridized carbons (Fsp3) is 0.265. The predicted octanol–water partition coefficient (Wildman–Crippen LogP) is 2.55. The molecule has 1 amide bonds. The Bertz CT molecular complexity index is 1770. The fourth-order valence-corrected chi connectivity index (χ4v) is 5.06. The number of hydrogen-bond acceptors (Lipinski definition) is 9. The first-order valence-corrected chi connectivity index (χ1v) is 14.4. The fourth-order valence-electron chi connectivity index (χ4n) is 5.06. The topological polar surface area (TPSA) is 141 Å². The lowest BCUT2D eigenvalue weighted by atomic mass is 9.90. The van der Waals surface area contributed by atoms with Gasteiger partial charge in [-0.15, -0.1) is 0 Å². The number of hydrogen-bond donors (Lipinski definition) is 1. The molecule has 45 heavy (non-hydrogen) atoms. The Balaban J connectivity index is 1.95. The molecule has 0 unspecified atom stereocenters. The number of esters is 2. The lowest BCUT2D eigenvalue weighted by Crippen LogP contribution is -2.39. The maximum absolute atomic E-state index is 12.2. The van der Waals surface area contributed by atoms with Crippen LogP contribution in [0.3, 0.4) is 0 Å². The van der Waals surface area contributed by atoms with E-state index >= 15 is 0 Å². The molecule has 0 atom stereocenters. The van der Waals surface area contributed by atoms with E-state index in [2.05, 4.69) is 11.9 Å². The van der Waals surface area contributed by atoms with E-state index in [1.165, 1.54) is 26.8 Å². The Morgan fingerprint density at radius 3 is 2.36 bits per heavy atom. The summed E-state index contributed by atoms with van der Waals surface area (Å²) in [5.41, 5.74) is 3.03. The highest BCUT2D eigenvalue weighted by Gasteiger charge is 2.21. The molecule has 0 saturated carbocycles. The summed E-state index contributed by atoms with van der Waals surface area (Å²) in [7, 11) is 0. The van der Waals surface area contributed by atoms with Crippen LogP contribution >= 0.6 is 0 Å². The van der Waals surface area contributed by atoms with Gasteiger partial charge in [0.15, 0.2) is 13.1 Å². The summed E-state index contributed by atoms with van der Waals surface area (Å²) in [6.07, 6.45) is 1.62. The van der Waals surface area contributed by atoms with Gasteiger partial charge in [-0.2, -0.15) is 0 Å². The van der Waals surface area contributed by atoms with Crippen LogP contribution in [0, 0.1) is 0 Å². The Labute approximate surface area is 260 Å². The minimum absolute atomic E-state index is 0.0341. The molecule has 0 saturated heterocycles. The quantitative estimate of drug-likeness (QED) is 0.137. The van der Waals surface area contributed by atoms with Crippen LogP contribution in [0.5, 0.6) is 0 Å². The van der Waals surface area contributed by atoms with Gasteiger partial charge in [0.2, 0.25) is 11.3 Å². The first-order valence-electron chi connectivity index (χ1n) is 14.4. The predicted molar refractivity (Wildman–Crippen MR) is 167 cm³/mol. The SMILES string of the molecule is C=CN(CCOC(C)=O)c1ccc2c(-c3ccccc3C(=O)[O-])c3ccc(=[N+](CCNC(C)=O)CCOC(C)=O)cc-3oc2c1. The minimum Gasteiger partial charge on any atom is -0.545 e. The molecule has 11 nitrogen and oxygen atoms in total. The molecule has 2 aliphatic rings. The molecule has 0 spiro atoms. The van der Waals surface area contributed by atoms with Gasteiger partial charge in [-0.05, 0) is 30.0 Å². The van der Waals surface area contributed by atoms with Gasteiger partial charge in [-0.25, -0.2) is 4.58 Å². The lowest BCUT2D eigenvalue weighted by Gasteiger charge is -2.22. The number of anilines is 1. The van der Waals surface area contributed by atoms with Crippen LogP contribution in [0.2, 0.25) is 0 Å². The van der Waals surface area contributed by atoms with Gasteiger partial charge in [0.1, 0.15) is 24.6 Å². The molecular weight excluding hydrogens is 578 g/mol. The zero-order valence-electron chi connectivity index (χ0n) is 25.5. The highest BCUT2D eigenvalue weighted by atomic mass is 16.5. The number of nitrogens with zero attached hydrogens (tertiary/aromatic N) is 2. The van der Waals surface area contributed by atoms with Gasteiger partial charge in [0, 0.05) is 60.7 Å². The standard InChI is InChI=1S/C34H35N3O8/c1-5-36(16-18-43-23(3)39)25-10-12-29-31(20-25)45-32-21-26(37(15-14-35-22(2)38)17-19-44-24(4)40)11-13-30(32)33(29)27-8-6-7-9-28(27)34(41)42/h5-13,20-21H,1,14-19H2,2-4H3,(H-,35,38,41,42). The van der Waals surface area contributed by atoms with Crippen molar-refractivity contribution in [2.24, 2.45) is 0 Å². The highest BCUT2D eigenvalue weighted by Crippen LogP contribution is 2.42. The molecule has 1 aliphatic carbocycles. The van der Waals surface area contributed by atoms with Crippen LogP contribution in [0.15, 0.2) is 77.9 Å². The smallest absolute Gasteiger partial charge is 0.302 e. The average Bonchev–Trinajstić information content (AvgIpc) is 3.00. The van der Waals surface area contributed by atoms with Crippen LogP contribution in [0.4, 0.5) is 5.69 Å². The molecule has 1 aliphatic heterocycles. The number of carbonyl (C=O) groups is 4. The maximum Gasteiger partial charge on any atom is 0.302 e. The van der Waals surface area contributed by atoms with E-state index < -0.39 is 11.9 Å². The number of amides is 1. The highest BCUT2D eigenvalue weighted by molar-refractivity contribution is 6.07. The van der Waals surface area contributed by atoms with Gasteiger partial charge >= 0.3 is 11.9 Å². The second-order valence-electron chi connectivity index (χ2n) is 10.2. The monoisotopic (exact) mass is 613 g/mol. The van der Waals surface area contributed by atoms with Crippen molar-refractivity contribution in [3.05, 3.63) is 84.4 Å². The summed E-state index contributed by atoms with van der Waals surface area (Å²) >= 11 is 0. The van der Waals surface area contributed by atoms with Crippen LogP contribution < -0.4 is 25.3 Å². The van der Waals surface area contributed by atoms with Gasteiger partial charge in [0.25, 0.3) is 0 Å². The third-order valence-electron chi connectivity index (χ3n) is 7.08. The van der Waals surface area contributed by atoms with Gasteiger partial charge in [0.05, 0.1) is 25.1 Å². The molecule has 0 radical (unpaired) electrons. The van der Waals surface area contributed by atoms with Crippen molar-refractivity contribution in [1.82, 2.24) is 9.89 Å². The summed E-state index contributed by atoms with van der Waals surface area (Å²) in [5.74, 6) is -1.78. The van der Waals surface area contributed by atoms with Crippen LogP contribution in [0.1, 0.15) is 31.1 Å². The number of aromatic carboxylic acids is 1. The Morgan fingerprint density at radius 2 is 1.67 bits per heavy atom. The molecule has 1 N–H and O–H groups in total. The summed E-state index contributed by atoms with van der Waals surface area (Å²) in [6.45, 7) is 9.81. The van der Waals surface area contributed by atoms with E-state index in [1.807, 2.05) is 45.9 Å². The number of ether oxygens (including phenoxy) is 2. The van der Waals surface area contributed by atoms with Crippen LogP contribution in [-0.4, -0.2) is 63.2 Å². The Morgan fingerprint density at radius 1 is 0.933 bits per heavy atom. The molecule has 0 fully saturated rings. The number of rotatable bonds is 13. The third kappa shape index (κ3) is 8.14. The molecule has 234 valence electrons. The third-order valence-corrected chi connectivity index (χ3v) is 7.08. The van der Waals surface area contributed by atoms with Crippen molar-refractivity contribution >= 4 is 40.5 Å². The number of carboxylic acids is 1. The molecule has 11 heteroatoms. The van der Waals surface area contributed by atoms with Crippen molar-refractivity contribution in [3.63, 3.8) is 0 Å². The van der Waals surface area contributed by atoms with E-state index in [-0.39, 0.29) is 30.7 Å². The molecule has 0 aromatic heterocycles. The van der Waals surface area contributed by atoms with Crippen molar-refractivity contribution in [2.75, 3.05) is 44.3 Å². The average molecular weight is 614 g/mol.